The minimum Gasteiger partial charge on any atom is -0.493 e. The Kier molecular flexibility index (Phi) is 7.29. The summed E-state index contributed by atoms with van der Waals surface area (Å²) in [5.74, 6) is 0.441. The Morgan fingerprint density at radius 2 is 1.79 bits per heavy atom. The molecule has 2 fully saturated rings. The Balaban J connectivity index is 1.63. The zero-order valence-corrected chi connectivity index (χ0v) is 17.2. The number of carbonyl (C=O) groups excluding carboxylic acids is 2. The Hall–Kier alpha value is -2.36. The Morgan fingerprint density at radius 3 is 2.38 bits per heavy atom. The first-order valence-corrected chi connectivity index (χ1v) is 9.80. The predicted molar refractivity (Wildman–Crippen MR) is 107 cm³/mol. The molecule has 0 aliphatic carbocycles. The summed E-state index contributed by atoms with van der Waals surface area (Å²) in [5.41, 5.74) is 0.866. The van der Waals surface area contributed by atoms with Crippen LogP contribution >= 0.6 is 0 Å². The molecule has 0 atom stereocenters. The zero-order chi connectivity index (χ0) is 20.8. The molecule has 3 rings (SSSR count). The van der Waals surface area contributed by atoms with Crippen LogP contribution in [0.25, 0.3) is 0 Å². The van der Waals surface area contributed by atoms with E-state index in [2.05, 4.69) is 10.2 Å². The number of methoxy groups -OCH3 is 2. The number of ether oxygens (including phenoxy) is 4. The van der Waals surface area contributed by atoms with Gasteiger partial charge in [-0.25, -0.2) is 0 Å². The van der Waals surface area contributed by atoms with Gasteiger partial charge in [0.2, 0.25) is 5.91 Å². The maximum Gasteiger partial charge on any atom is 0.254 e. The monoisotopic (exact) mass is 407 g/mol. The molecule has 0 aromatic heterocycles. The number of benzene rings is 1. The van der Waals surface area contributed by atoms with Gasteiger partial charge < -0.3 is 29.2 Å². The summed E-state index contributed by atoms with van der Waals surface area (Å²) in [5, 5.41) is 2.70. The third-order valence-electron chi connectivity index (χ3n) is 5.07. The van der Waals surface area contributed by atoms with Crippen LogP contribution in [-0.2, 0) is 14.3 Å². The highest BCUT2D eigenvalue weighted by atomic mass is 16.7. The maximum absolute atomic E-state index is 13.0. The predicted octanol–water partition coefficient (Wildman–Crippen LogP) is 1.18. The van der Waals surface area contributed by atoms with Gasteiger partial charge in [-0.3, -0.25) is 14.5 Å². The summed E-state index contributed by atoms with van der Waals surface area (Å²) in [7, 11) is 2.99. The fourth-order valence-corrected chi connectivity index (χ4v) is 3.59. The van der Waals surface area contributed by atoms with Gasteiger partial charge in [0, 0.05) is 51.6 Å². The lowest BCUT2D eigenvalue weighted by Gasteiger charge is -2.35. The molecule has 1 aromatic rings. The number of hydrogen-bond donors (Lipinski definition) is 1. The molecule has 0 saturated carbocycles. The molecule has 9 nitrogen and oxygen atoms in total. The summed E-state index contributed by atoms with van der Waals surface area (Å²) < 4.78 is 21.6. The van der Waals surface area contributed by atoms with Crippen LogP contribution in [0.3, 0.4) is 0 Å². The summed E-state index contributed by atoms with van der Waals surface area (Å²) in [4.78, 5) is 28.7. The summed E-state index contributed by atoms with van der Waals surface area (Å²) in [6.45, 7) is 6.48. The van der Waals surface area contributed by atoms with Crippen LogP contribution in [0.1, 0.15) is 23.7 Å². The van der Waals surface area contributed by atoms with Gasteiger partial charge in [0.1, 0.15) is 0 Å². The van der Waals surface area contributed by atoms with Gasteiger partial charge >= 0.3 is 0 Å². The summed E-state index contributed by atoms with van der Waals surface area (Å²) >= 11 is 0. The number of rotatable bonds is 7. The molecule has 160 valence electrons. The average Bonchev–Trinajstić information content (AvgIpc) is 3.24. The fraction of sp³-hybridized carbons (Fsp3) is 0.600. The van der Waals surface area contributed by atoms with Crippen molar-refractivity contribution in [1.29, 1.82) is 0 Å². The molecule has 0 spiro atoms. The van der Waals surface area contributed by atoms with Crippen molar-refractivity contribution in [3.8, 4) is 11.5 Å². The van der Waals surface area contributed by atoms with E-state index >= 15 is 0 Å². The van der Waals surface area contributed by atoms with Gasteiger partial charge in [-0.15, -0.1) is 0 Å². The van der Waals surface area contributed by atoms with Crippen LogP contribution in [0.4, 0.5) is 5.69 Å². The highest BCUT2D eigenvalue weighted by Crippen LogP contribution is 2.37. The molecule has 2 aliphatic rings. The number of hydrogen-bond acceptors (Lipinski definition) is 7. The van der Waals surface area contributed by atoms with E-state index in [1.807, 2.05) is 4.90 Å². The Bertz CT molecular complexity index is 727. The number of piperazine rings is 1. The number of amides is 2. The molecule has 1 N–H and O–H groups in total. The van der Waals surface area contributed by atoms with Crippen molar-refractivity contribution < 1.29 is 28.5 Å². The maximum atomic E-state index is 13.0. The van der Waals surface area contributed by atoms with E-state index in [-0.39, 0.29) is 18.1 Å². The van der Waals surface area contributed by atoms with E-state index in [1.54, 1.807) is 12.1 Å². The molecule has 2 saturated heterocycles. The standard InChI is InChI=1S/C20H29N3O6/c1-14(24)21-16-12-15(13-17(26-2)19(16)27-3)20(25)23-8-6-22(7-9-23)5-4-18-28-10-11-29-18/h12-13,18H,4-11H2,1-3H3,(H,21,24). The molecule has 0 unspecified atom stereocenters. The molecule has 2 aliphatic heterocycles. The summed E-state index contributed by atoms with van der Waals surface area (Å²) in [6, 6.07) is 3.28. The topological polar surface area (TPSA) is 89.6 Å². The van der Waals surface area contributed by atoms with E-state index in [0.29, 0.717) is 49.1 Å². The van der Waals surface area contributed by atoms with Crippen LogP contribution in [-0.4, -0.2) is 88.1 Å². The molecule has 0 radical (unpaired) electrons. The van der Waals surface area contributed by atoms with Crippen LogP contribution in [0.15, 0.2) is 12.1 Å². The first-order chi connectivity index (χ1) is 14.0. The van der Waals surface area contributed by atoms with Crippen LogP contribution in [0, 0.1) is 0 Å². The van der Waals surface area contributed by atoms with Crippen molar-refractivity contribution in [2.24, 2.45) is 0 Å². The molecule has 9 heteroatoms. The van der Waals surface area contributed by atoms with E-state index < -0.39 is 0 Å². The molecule has 1 aromatic carbocycles. The number of nitrogens with one attached hydrogen (secondary N) is 1. The minimum absolute atomic E-state index is 0.0975. The van der Waals surface area contributed by atoms with E-state index in [0.717, 1.165) is 26.1 Å². The highest BCUT2D eigenvalue weighted by molar-refractivity contribution is 5.99. The molecule has 29 heavy (non-hydrogen) atoms. The summed E-state index contributed by atoms with van der Waals surface area (Å²) in [6.07, 6.45) is 0.734. The number of anilines is 1. The third-order valence-corrected chi connectivity index (χ3v) is 5.07. The smallest absolute Gasteiger partial charge is 0.254 e. The Morgan fingerprint density at radius 1 is 1.10 bits per heavy atom. The largest absolute Gasteiger partial charge is 0.493 e. The van der Waals surface area contributed by atoms with Crippen molar-refractivity contribution in [1.82, 2.24) is 9.80 Å². The van der Waals surface area contributed by atoms with Crippen LogP contribution in [0.5, 0.6) is 11.5 Å². The zero-order valence-electron chi connectivity index (χ0n) is 17.2. The van der Waals surface area contributed by atoms with Crippen LogP contribution in [0.2, 0.25) is 0 Å². The van der Waals surface area contributed by atoms with E-state index in [9.17, 15) is 9.59 Å². The third kappa shape index (κ3) is 5.37. The lowest BCUT2D eigenvalue weighted by molar-refractivity contribution is -0.114. The molecular weight excluding hydrogens is 378 g/mol. The number of carbonyl (C=O) groups is 2. The van der Waals surface area contributed by atoms with Gasteiger partial charge in [-0.05, 0) is 12.1 Å². The normalized spacial score (nSPS) is 18.0. The van der Waals surface area contributed by atoms with Crippen molar-refractivity contribution in [2.75, 3.05) is 65.5 Å². The fourth-order valence-electron chi connectivity index (χ4n) is 3.59. The second-order valence-electron chi connectivity index (χ2n) is 7.03. The SMILES string of the molecule is COc1cc(C(=O)N2CCN(CCC3OCCO3)CC2)cc(NC(C)=O)c1OC. The molecular formula is C20H29N3O6. The first-order valence-electron chi connectivity index (χ1n) is 9.80. The lowest BCUT2D eigenvalue weighted by atomic mass is 10.1. The van der Waals surface area contributed by atoms with Gasteiger partial charge in [-0.1, -0.05) is 0 Å². The van der Waals surface area contributed by atoms with Crippen molar-refractivity contribution in [2.45, 2.75) is 19.6 Å². The molecule has 0 bridgehead atoms. The van der Waals surface area contributed by atoms with E-state index in [4.69, 9.17) is 18.9 Å². The van der Waals surface area contributed by atoms with Gasteiger partial charge in [0.05, 0.1) is 33.1 Å². The second kappa shape index (κ2) is 9.91. The van der Waals surface area contributed by atoms with Gasteiger partial charge in [-0.2, -0.15) is 0 Å². The van der Waals surface area contributed by atoms with Crippen LogP contribution < -0.4 is 14.8 Å². The quantitative estimate of drug-likeness (QED) is 0.726. The lowest BCUT2D eigenvalue weighted by Crippen LogP contribution is -2.49. The highest BCUT2D eigenvalue weighted by Gasteiger charge is 2.25. The minimum atomic E-state index is -0.251. The second-order valence-corrected chi connectivity index (χ2v) is 7.03. The van der Waals surface area contributed by atoms with Crippen molar-refractivity contribution >= 4 is 17.5 Å². The molecule has 2 amide bonds. The van der Waals surface area contributed by atoms with Crippen molar-refractivity contribution in [3.05, 3.63) is 17.7 Å². The molecule has 2 heterocycles. The van der Waals surface area contributed by atoms with E-state index in [1.165, 1.54) is 21.1 Å². The number of nitrogens with zero attached hydrogens (tertiary/aromatic N) is 2. The first kappa shape index (κ1) is 21.4. The average molecular weight is 407 g/mol. The van der Waals surface area contributed by atoms with Crippen molar-refractivity contribution in [3.63, 3.8) is 0 Å². The Labute approximate surface area is 170 Å². The van der Waals surface area contributed by atoms with Gasteiger partial charge in [0.15, 0.2) is 17.8 Å². The van der Waals surface area contributed by atoms with Gasteiger partial charge in [0.25, 0.3) is 5.91 Å².